The topological polar surface area (TPSA) is 52.6 Å². The molecule has 0 N–H and O–H groups in total. The fraction of sp³-hybridized carbons (Fsp3) is 0.111. The van der Waals surface area contributed by atoms with Crippen LogP contribution in [-0.4, -0.2) is 0 Å². The predicted molar refractivity (Wildman–Crippen MR) is 398 cm³/mol. The lowest BCUT2D eigenvalue weighted by Crippen LogP contribution is -2.10. The van der Waals surface area contributed by atoms with Gasteiger partial charge < -0.3 is 17.7 Å². The molecule has 448 valence electrons. The van der Waals surface area contributed by atoms with Crippen LogP contribution in [-0.2, 0) is 10.8 Å². The molecule has 0 saturated heterocycles. The number of furan rings is 4. The van der Waals surface area contributed by atoms with Crippen molar-refractivity contribution in [1.29, 1.82) is 0 Å². The van der Waals surface area contributed by atoms with Gasteiger partial charge in [0.1, 0.15) is 44.7 Å². The van der Waals surface area contributed by atoms with E-state index in [0.717, 1.165) is 109 Å². The summed E-state index contributed by atoms with van der Waals surface area (Å²) < 4.78 is 27.1. The van der Waals surface area contributed by atoms with Crippen molar-refractivity contribution in [1.82, 2.24) is 0 Å². The van der Waals surface area contributed by atoms with E-state index in [2.05, 4.69) is 286 Å². The van der Waals surface area contributed by atoms with Gasteiger partial charge in [0, 0.05) is 86.2 Å². The van der Waals surface area contributed by atoms with Crippen LogP contribution >= 0.6 is 0 Å². The highest BCUT2D eigenvalue weighted by atomic mass is 16.3. The molecule has 0 bridgehead atoms. The van der Waals surface area contributed by atoms with E-state index >= 15 is 0 Å². The number of benzene rings is 16. The summed E-state index contributed by atoms with van der Waals surface area (Å²) in [6.45, 7) is 18.0. The van der Waals surface area contributed by atoms with E-state index in [4.69, 9.17) is 17.7 Å². The predicted octanol–water partition coefficient (Wildman–Crippen LogP) is 26.6. The Balaban J connectivity index is 0.000000136. The summed E-state index contributed by atoms with van der Waals surface area (Å²) in [6.07, 6.45) is 0. The second-order valence-electron chi connectivity index (χ2n) is 28.4. The van der Waals surface area contributed by atoms with Crippen molar-refractivity contribution in [3.8, 4) is 44.5 Å². The molecule has 16 aromatic carbocycles. The van der Waals surface area contributed by atoms with E-state index < -0.39 is 0 Å². The molecule has 20 rings (SSSR count). The highest BCUT2D eigenvalue weighted by Gasteiger charge is 2.28. The van der Waals surface area contributed by atoms with E-state index in [0.29, 0.717) is 0 Å². The summed E-state index contributed by atoms with van der Waals surface area (Å²) >= 11 is 0. The molecule has 94 heavy (non-hydrogen) atoms. The van der Waals surface area contributed by atoms with Crippen LogP contribution in [0.4, 0.5) is 0 Å². The van der Waals surface area contributed by atoms with Gasteiger partial charge in [-0.3, -0.25) is 0 Å². The molecule has 0 radical (unpaired) electrons. The van der Waals surface area contributed by atoms with Gasteiger partial charge in [-0.2, -0.15) is 0 Å². The summed E-state index contributed by atoms with van der Waals surface area (Å²) in [5, 5.41) is 23.5. The molecule has 4 heteroatoms. The highest BCUT2D eigenvalue weighted by molar-refractivity contribution is 6.40. The Labute approximate surface area is 542 Å². The average molecular weight is 1210 g/mol. The number of hydrogen-bond donors (Lipinski definition) is 0. The van der Waals surface area contributed by atoms with E-state index in [1.54, 1.807) is 0 Å². The zero-order valence-electron chi connectivity index (χ0n) is 53.7. The number of fused-ring (bicyclic) bond motifs is 16. The molecule has 0 aliphatic rings. The third-order valence-corrected chi connectivity index (χ3v) is 20.4. The van der Waals surface area contributed by atoms with Gasteiger partial charge in [0.2, 0.25) is 0 Å². The van der Waals surface area contributed by atoms with Gasteiger partial charge in [-0.05, 0) is 187 Å². The molecule has 4 heterocycles. The molecule has 0 spiro atoms. The van der Waals surface area contributed by atoms with Crippen LogP contribution in [0.5, 0.6) is 0 Å². The monoisotopic (exact) mass is 1210 g/mol. The van der Waals surface area contributed by atoms with Gasteiger partial charge in [-0.25, -0.2) is 0 Å². The maximum absolute atomic E-state index is 6.91. The summed E-state index contributed by atoms with van der Waals surface area (Å²) in [6, 6.07) is 88.4. The molecular formula is C90H64O4. The molecule has 0 fully saturated rings. The Morgan fingerprint density at radius 3 is 0.851 bits per heavy atom. The minimum Gasteiger partial charge on any atom is -0.455 e. The highest BCUT2D eigenvalue weighted by Crippen LogP contribution is 2.54. The van der Waals surface area contributed by atoms with Crippen LogP contribution in [0, 0.1) is 13.8 Å². The first kappa shape index (κ1) is 54.5. The zero-order valence-corrected chi connectivity index (χ0v) is 53.7. The first-order valence-electron chi connectivity index (χ1n) is 32.8. The Bertz CT molecular complexity index is 6150. The minimum absolute atomic E-state index is 0.0184. The van der Waals surface area contributed by atoms with Crippen molar-refractivity contribution in [2.75, 3.05) is 0 Å². The molecule has 0 saturated carbocycles. The van der Waals surface area contributed by atoms with Crippen LogP contribution in [0.2, 0.25) is 0 Å². The van der Waals surface area contributed by atoms with E-state index in [-0.39, 0.29) is 10.8 Å². The third-order valence-electron chi connectivity index (χ3n) is 20.4. The number of aryl methyl sites for hydroxylation is 2. The minimum atomic E-state index is 0.0184. The van der Waals surface area contributed by atoms with Gasteiger partial charge >= 0.3 is 0 Å². The molecule has 4 nitrogen and oxygen atoms in total. The quantitative estimate of drug-likeness (QED) is 0.165. The van der Waals surface area contributed by atoms with Crippen LogP contribution < -0.4 is 0 Å². The number of rotatable bonds is 4. The normalized spacial score (nSPS) is 12.7. The maximum Gasteiger partial charge on any atom is 0.143 e. The average Bonchev–Trinajstić information content (AvgIpc) is 1.28. The van der Waals surface area contributed by atoms with Crippen LogP contribution in [0.3, 0.4) is 0 Å². The molecule has 4 aromatic heterocycles. The van der Waals surface area contributed by atoms with Gasteiger partial charge in [0.25, 0.3) is 0 Å². The number of hydrogen-bond acceptors (Lipinski definition) is 4. The lowest BCUT2D eigenvalue weighted by molar-refractivity contribution is 0.590. The largest absolute Gasteiger partial charge is 0.455 e. The molecule has 0 aliphatic heterocycles. The van der Waals surface area contributed by atoms with E-state index in [9.17, 15) is 0 Å². The van der Waals surface area contributed by atoms with Gasteiger partial charge in [-0.1, -0.05) is 210 Å². The summed E-state index contributed by atoms with van der Waals surface area (Å²) in [5.41, 5.74) is 22.1. The maximum atomic E-state index is 6.91. The summed E-state index contributed by atoms with van der Waals surface area (Å²) in [5.74, 6) is 0. The molecule has 0 amide bonds. The Kier molecular flexibility index (Phi) is 11.4. The molecule has 0 unspecified atom stereocenters. The van der Waals surface area contributed by atoms with Crippen molar-refractivity contribution in [3.05, 3.63) is 265 Å². The SMILES string of the molecule is Cc1cccc(-c2cc3c4oc5ccc(C(C)(C)C)cc5c4cc4c(-c5cccc(C)c5)cc5c6oc7ccc(C(C)(C)C)cc7c6cc2c5c43)c1.c1ccc(-c2cc3c4oc5ccccc5c4cc4c(-c5ccccc5)cc5c6oc7ccccc7c6cc2c5c43)cc1. The fourth-order valence-electron chi connectivity index (χ4n) is 15.8. The van der Waals surface area contributed by atoms with Crippen LogP contribution in [0.1, 0.15) is 63.8 Å². The Hall–Kier alpha value is -11.2. The second kappa shape index (κ2) is 19.7. The Morgan fingerprint density at radius 1 is 0.213 bits per heavy atom. The van der Waals surface area contributed by atoms with Crippen LogP contribution in [0.15, 0.2) is 260 Å². The molecular weight excluding hydrogens is 1140 g/mol. The summed E-state index contributed by atoms with van der Waals surface area (Å²) in [4.78, 5) is 0. The van der Waals surface area contributed by atoms with Crippen molar-refractivity contribution in [3.63, 3.8) is 0 Å². The zero-order chi connectivity index (χ0) is 63.2. The van der Waals surface area contributed by atoms with E-state index in [1.807, 2.05) is 12.1 Å². The lowest BCUT2D eigenvalue weighted by atomic mass is 9.83. The lowest BCUT2D eigenvalue weighted by Gasteiger charge is -2.19. The molecule has 0 aliphatic carbocycles. The van der Waals surface area contributed by atoms with E-state index in [1.165, 1.54) is 110 Å². The van der Waals surface area contributed by atoms with Crippen LogP contribution in [0.25, 0.3) is 197 Å². The van der Waals surface area contributed by atoms with Gasteiger partial charge in [-0.15, -0.1) is 0 Å². The number of para-hydroxylation sites is 2. The first-order valence-corrected chi connectivity index (χ1v) is 32.8. The summed E-state index contributed by atoms with van der Waals surface area (Å²) in [7, 11) is 0. The smallest absolute Gasteiger partial charge is 0.143 e. The standard InChI is InChI=1S/C50H42O2.C40H22O2/c1-27-11-9-13-29(19-27)33-23-41-46-38(26-40-36-22-32(50(6,7)8)16-18-44(36)51-47(40)41)34(30-14-10-12-28(2)20-30)24-42-45(46)37(33)25-39-35-21-31(49(3,4)5)15-17-43(35)52-48(39)42;1-3-11-23(12-4-1)27-19-33-38-30(22-32-26-16-8-10-18-36(26)41-39(32)33)28(24-13-5-2-6-14-24)20-34-37(38)29(27)21-31-25-15-7-9-17-35(25)42-40(31)34/h9-26H,1-8H3;1-22H. The van der Waals surface area contributed by atoms with Crippen molar-refractivity contribution in [2.45, 2.75) is 66.2 Å². The van der Waals surface area contributed by atoms with Crippen molar-refractivity contribution in [2.24, 2.45) is 0 Å². The Morgan fingerprint density at radius 2 is 0.511 bits per heavy atom. The molecule has 0 atom stereocenters. The third kappa shape index (κ3) is 8.05. The van der Waals surface area contributed by atoms with Gasteiger partial charge in [0.15, 0.2) is 0 Å². The van der Waals surface area contributed by atoms with Crippen molar-refractivity contribution < 1.29 is 17.7 Å². The fourth-order valence-corrected chi connectivity index (χ4v) is 15.8. The van der Waals surface area contributed by atoms with Crippen molar-refractivity contribution >= 4 is 152 Å². The van der Waals surface area contributed by atoms with Gasteiger partial charge in [0.05, 0.1) is 0 Å². The molecule has 20 aromatic rings. The first-order chi connectivity index (χ1) is 45.7. The second-order valence-corrected chi connectivity index (χ2v) is 28.4.